The Labute approximate surface area is 72.3 Å². The van der Waals surface area contributed by atoms with E-state index in [9.17, 15) is 18.8 Å². The second-order valence-electron chi connectivity index (χ2n) is 2.54. The minimum absolute atomic E-state index is 0.503. The molecule has 0 radical (unpaired) electrons. The highest BCUT2D eigenvalue weighted by Gasteiger charge is 2.32. The maximum absolute atomic E-state index is 12.7. The second-order valence-corrected chi connectivity index (χ2v) is 2.54. The Kier molecular flexibility index (Phi) is 2.45. The molecule has 0 bridgehead atoms. The van der Waals surface area contributed by atoms with Crippen molar-refractivity contribution in [1.82, 2.24) is 10.2 Å². The van der Waals surface area contributed by atoms with Crippen molar-refractivity contribution in [3.05, 3.63) is 0 Å². The third-order valence-corrected chi connectivity index (χ3v) is 1.51. The van der Waals surface area contributed by atoms with Crippen molar-refractivity contribution < 1.29 is 23.9 Å². The topological polar surface area (TPSA) is 86.7 Å². The smallest absolute Gasteiger partial charge is 0.324 e. The van der Waals surface area contributed by atoms with Crippen LogP contribution < -0.4 is 5.32 Å². The number of amides is 3. The van der Waals surface area contributed by atoms with Crippen LogP contribution in [0.2, 0.25) is 0 Å². The lowest BCUT2D eigenvalue weighted by atomic mass is 10.3. The number of imide groups is 1. The molecule has 7 heteroatoms. The van der Waals surface area contributed by atoms with Gasteiger partial charge in [0.1, 0.15) is 6.54 Å². The lowest BCUT2D eigenvalue weighted by Gasteiger charge is -2.26. The number of hydrogen-bond donors (Lipinski definition) is 2. The fourth-order valence-corrected chi connectivity index (χ4v) is 0.922. The number of nitrogens with zero attached hydrogens (tertiary/aromatic N) is 1. The Hall–Kier alpha value is -1.66. The first-order valence-corrected chi connectivity index (χ1v) is 3.46. The van der Waals surface area contributed by atoms with Gasteiger partial charge in [-0.2, -0.15) is 0 Å². The van der Waals surface area contributed by atoms with E-state index in [2.05, 4.69) is 0 Å². The van der Waals surface area contributed by atoms with Gasteiger partial charge in [0.05, 0.1) is 6.54 Å². The Morgan fingerprint density at radius 1 is 1.69 bits per heavy atom. The number of rotatable bonds is 2. The Balaban J connectivity index is 2.61. The molecular weight excluding hydrogens is 183 g/mol. The summed E-state index contributed by atoms with van der Waals surface area (Å²) in [6, 6.07) is -0.874. The van der Waals surface area contributed by atoms with Gasteiger partial charge in [-0.15, -0.1) is 0 Å². The lowest BCUT2D eigenvalue weighted by Crippen LogP contribution is -2.56. The molecule has 0 aromatic heterocycles. The lowest BCUT2D eigenvalue weighted by molar-refractivity contribution is -0.139. The molecule has 0 spiro atoms. The van der Waals surface area contributed by atoms with Crippen molar-refractivity contribution >= 4 is 17.9 Å². The van der Waals surface area contributed by atoms with Crippen LogP contribution in [-0.4, -0.2) is 47.2 Å². The van der Waals surface area contributed by atoms with Crippen LogP contribution in [0.4, 0.5) is 9.18 Å². The quantitative estimate of drug-likeness (QED) is 0.582. The van der Waals surface area contributed by atoms with Crippen molar-refractivity contribution in [3.8, 4) is 0 Å². The molecule has 1 saturated heterocycles. The van der Waals surface area contributed by atoms with E-state index in [0.29, 0.717) is 4.90 Å². The van der Waals surface area contributed by atoms with Crippen molar-refractivity contribution in [3.63, 3.8) is 0 Å². The summed E-state index contributed by atoms with van der Waals surface area (Å²) in [7, 11) is 0. The standard InChI is InChI=1S/C6H7FN2O4/c7-3-1-9(2-4(10)11)6(13)8-5(3)12/h3H,1-2H2,(H,10,11)(H,8,12,13). The van der Waals surface area contributed by atoms with E-state index in [4.69, 9.17) is 5.11 Å². The van der Waals surface area contributed by atoms with Gasteiger partial charge in [0.2, 0.25) is 0 Å². The van der Waals surface area contributed by atoms with Crippen LogP contribution in [-0.2, 0) is 9.59 Å². The molecule has 1 unspecified atom stereocenters. The summed E-state index contributed by atoms with van der Waals surface area (Å²) in [5, 5.41) is 10.0. The average molecular weight is 190 g/mol. The van der Waals surface area contributed by atoms with Crippen LogP contribution in [0.5, 0.6) is 0 Å². The zero-order chi connectivity index (χ0) is 10.0. The maximum Gasteiger partial charge on any atom is 0.324 e. The third kappa shape index (κ3) is 2.14. The van der Waals surface area contributed by atoms with Gasteiger partial charge in [-0.05, 0) is 0 Å². The van der Waals surface area contributed by atoms with Crippen LogP contribution in [0.1, 0.15) is 0 Å². The summed E-state index contributed by atoms with van der Waals surface area (Å²) < 4.78 is 12.7. The van der Waals surface area contributed by atoms with E-state index in [1.807, 2.05) is 0 Å². The number of alkyl halides is 1. The highest BCUT2D eigenvalue weighted by Crippen LogP contribution is 2.03. The zero-order valence-electron chi connectivity index (χ0n) is 6.49. The van der Waals surface area contributed by atoms with Gasteiger partial charge in [-0.25, -0.2) is 9.18 Å². The SMILES string of the molecule is O=C(O)CN1CC(F)C(=O)NC1=O. The summed E-state index contributed by atoms with van der Waals surface area (Å²) in [5.74, 6) is -2.27. The van der Waals surface area contributed by atoms with E-state index in [0.717, 1.165) is 0 Å². The van der Waals surface area contributed by atoms with Gasteiger partial charge in [0.15, 0.2) is 6.17 Å². The Bertz CT molecular complexity index is 267. The summed E-state index contributed by atoms with van der Waals surface area (Å²) in [4.78, 5) is 32.3. The molecule has 0 aromatic rings. The molecule has 1 aliphatic rings. The third-order valence-electron chi connectivity index (χ3n) is 1.51. The number of nitrogens with one attached hydrogen (secondary N) is 1. The van der Waals surface area contributed by atoms with Crippen molar-refractivity contribution in [2.45, 2.75) is 6.17 Å². The van der Waals surface area contributed by atoms with Crippen molar-refractivity contribution in [2.24, 2.45) is 0 Å². The molecule has 1 aliphatic heterocycles. The predicted molar refractivity (Wildman–Crippen MR) is 37.6 cm³/mol. The molecule has 72 valence electrons. The van der Waals surface area contributed by atoms with Crippen LogP contribution >= 0.6 is 0 Å². The Morgan fingerprint density at radius 2 is 2.31 bits per heavy atom. The predicted octanol–water partition coefficient (Wildman–Crippen LogP) is -1.04. The molecular formula is C6H7FN2O4. The normalized spacial score (nSPS) is 22.8. The largest absolute Gasteiger partial charge is 0.480 e. The summed E-state index contributed by atoms with van der Waals surface area (Å²) in [6.07, 6.45) is -1.85. The van der Waals surface area contributed by atoms with Crippen molar-refractivity contribution in [1.29, 1.82) is 0 Å². The molecule has 1 fully saturated rings. The number of carboxylic acid groups (broad SMARTS) is 1. The molecule has 1 rings (SSSR count). The average Bonchev–Trinajstić information content (AvgIpc) is 1.99. The first-order valence-electron chi connectivity index (χ1n) is 3.46. The molecule has 0 saturated carbocycles. The first-order chi connectivity index (χ1) is 6.00. The fourth-order valence-electron chi connectivity index (χ4n) is 0.922. The van der Waals surface area contributed by atoms with E-state index in [-0.39, 0.29) is 0 Å². The fraction of sp³-hybridized carbons (Fsp3) is 0.500. The number of carbonyl (C=O) groups is 3. The highest BCUT2D eigenvalue weighted by molar-refractivity contribution is 5.99. The van der Waals surface area contributed by atoms with E-state index < -0.39 is 37.2 Å². The minimum Gasteiger partial charge on any atom is -0.480 e. The van der Waals surface area contributed by atoms with Crippen molar-refractivity contribution in [2.75, 3.05) is 13.1 Å². The van der Waals surface area contributed by atoms with Gasteiger partial charge in [0.25, 0.3) is 5.91 Å². The van der Waals surface area contributed by atoms with Gasteiger partial charge < -0.3 is 10.0 Å². The molecule has 0 aromatic carbocycles. The number of carbonyl (C=O) groups excluding carboxylic acids is 2. The molecule has 6 nitrogen and oxygen atoms in total. The van der Waals surface area contributed by atoms with Gasteiger partial charge >= 0.3 is 12.0 Å². The molecule has 13 heavy (non-hydrogen) atoms. The van der Waals surface area contributed by atoms with Gasteiger partial charge in [0, 0.05) is 0 Å². The monoisotopic (exact) mass is 190 g/mol. The van der Waals surface area contributed by atoms with E-state index >= 15 is 0 Å². The molecule has 2 N–H and O–H groups in total. The minimum atomic E-state index is -1.85. The van der Waals surface area contributed by atoms with E-state index in [1.165, 1.54) is 0 Å². The summed E-state index contributed by atoms with van der Waals surface area (Å²) >= 11 is 0. The first kappa shape index (κ1) is 9.43. The highest BCUT2D eigenvalue weighted by atomic mass is 19.1. The maximum atomic E-state index is 12.7. The number of aliphatic carboxylic acids is 1. The summed E-state index contributed by atoms with van der Waals surface area (Å²) in [6.45, 7) is -1.11. The van der Waals surface area contributed by atoms with Crippen LogP contribution in [0.25, 0.3) is 0 Å². The van der Waals surface area contributed by atoms with Gasteiger partial charge in [-0.1, -0.05) is 0 Å². The number of carboxylic acids is 1. The number of halogens is 1. The Morgan fingerprint density at radius 3 is 2.85 bits per heavy atom. The summed E-state index contributed by atoms with van der Waals surface area (Å²) in [5.41, 5.74) is 0. The van der Waals surface area contributed by atoms with Crippen LogP contribution in [0.3, 0.4) is 0 Å². The molecule has 1 heterocycles. The van der Waals surface area contributed by atoms with Crippen LogP contribution in [0, 0.1) is 0 Å². The van der Waals surface area contributed by atoms with Gasteiger partial charge in [-0.3, -0.25) is 14.9 Å². The number of hydrogen-bond acceptors (Lipinski definition) is 3. The molecule has 1 atom stereocenters. The van der Waals surface area contributed by atoms with Crippen LogP contribution in [0.15, 0.2) is 0 Å². The van der Waals surface area contributed by atoms with E-state index in [1.54, 1.807) is 5.32 Å². The number of urea groups is 1. The molecule has 3 amide bonds. The second kappa shape index (κ2) is 3.38. The molecule has 0 aliphatic carbocycles. The zero-order valence-corrected chi connectivity index (χ0v) is 6.49.